The average molecular weight is 254 g/mol. The molecular formula is C12H18N2O4. The first-order chi connectivity index (χ1) is 8.55. The number of furan rings is 1. The molecule has 1 amide bonds. The quantitative estimate of drug-likeness (QED) is 0.703. The van der Waals surface area contributed by atoms with E-state index in [0.29, 0.717) is 18.8 Å². The first kappa shape index (κ1) is 13.1. The predicted molar refractivity (Wildman–Crippen MR) is 63.9 cm³/mol. The lowest BCUT2D eigenvalue weighted by Gasteiger charge is -2.25. The zero-order valence-corrected chi connectivity index (χ0v) is 10.3. The highest BCUT2D eigenvalue weighted by Crippen LogP contribution is 2.24. The third-order valence-corrected chi connectivity index (χ3v) is 3.30. The fourth-order valence-corrected chi connectivity index (χ4v) is 1.93. The van der Waals surface area contributed by atoms with Crippen LogP contribution in [0.2, 0.25) is 0 Å². The van der Waals surface area contributed by atoms with Crippen molar-refractivity contribution in [3.63, 3.8) is 0 Å². The van der Waals surface area contributed by atoms with Gasteiger partial charge in [0.05, 0.1) is 12.6 Å². The summed E-state index contributed by atoms with van der Waals surface area (Å²) in [6, 6.07) is 3.22. The number of rotatable bonds is 4. The van der Waals surface area contributed by atoms with E-state index in [1.165, 1.54) is 0 Å². The third kappa shape index (κ3) is 2.55. The normalized spacial score (nSPS) is 27.4. The van der Waals surface area contributed by atoms with E-state index in [4.69, 9.17) is 14.9 Å². The molecule has 1 saturated heterocycles. The number of ether oxygens (including phenoxy) is 1. The Balaban J connectivity index is 1.92. The SMILES string of the molecule is CC1OCCC1(O)CNC(=O)c1ccc(CN)o1. The van der Waals surface area contributed by atoms with Crippen molar-refractivity contribution in [2.45, 2.75) is 31.6 Å². The molecule has 100 valence electrons. The molecule has 1 aliphatic rings. The van der Waals surface area contributed by atoms with Crippen LogP contribution in [0.4, 0.5) is 0 Å². The number of hydrogen-bond donors (Lipinski definition) is 3. The number of hydrogen-bond acceptors (Lipinski definition) is 5. The standard InChI is InChI=1S/C12H18N2O4/c1-8-12(16,4-5-17-8)7-14-11(15)10-3-2-9(6-13)18-10/h2-3,8,16H,4-7,13H2,1H3,(H,14,15). The van der Waals surface area contributed by atoms with Gasteiger partial charge in [0.25, 0.3) is 5.91 Å². The third-order valence-electron chi connectivity index (χ3n) is 3.30. The average Bonchev–Trinajstić information content (AvgIpc) is 2.95. The number of carbonyl (C=O) groups excluding carboxylic acids is 1. The van der Waals surface area contributed by atoms with Crippen LogP contribution in [-0.2, 0) is 11.3 Å². The van der Waals surface area contributed by atoms with Crippen molar-refractivity contribution < 1.29 is 19.1 Å². The summed E-state index contributed by atoms with van der Waals surface area (Å²) in [5.41, 5.74) is 4.39. The van der Waals surface area contributed by atoms with Crippen molar-refractivity contribution in [1.29, 1.82) is 0 Å². The van der Waals surface area contributed by atoms with Crippen LogP contribution < -0.4 is 11.1 Å². The summed E-state index contributed by atoms with van der Waals surface area (Å²) in [5, 5.41) is 12.9. The molecule has 4 N–H and O–H groups in total. The second-order valence-electron chi connectivity index (χ2n) is 4.52. The summed E-state index contributed by atoms with van der Waals surface area (Å²) in [5.74, 6) is 0.393. The first-order valence-electron chi connectivity index (χ1n) is 5.96. The lowest BCUT2D eigenvalue weighted by atomic mass is 9.97. The Labute approximate surface area is 105 Å². The van der Waals surface area contributed by atoms with Crippen LogP contribution in [0.15, 0.2) is 16.5 Å². The summed E-state index contributed by atoms with van der Waals surface area (Å²) in [4.78, 5) is 11.8. The van der Waals surface area contributed by atoms with Crippen LogP contribution in [0.3, 0.4) is 0 Å². The zero-order chi connectivity index (χ0) is 13.2. The summed E-state index contributed by atoms with van der Waals surface area (Å²) >= 11 is 0. The van der Waals surface area contributed by atoms with Gasteiger partial charge in [-0.15, -0.1) is 0 Å². The Bertz CT molecular complexity index is 431. The van der Waals surface area contributed by atoms with Crippen molar-refractivity contribution >= 4 is 5.91 Å². The van der Waals surface area contributed by atoms with Gasteiger partial charge in [-0.1, -0.05) is 0 Å². The van der Waals surface area contributed by atoms with Crippen molar-refractivity contribution in [1.82, 2.24) is 5.32 Å². The summed E-state index contributed by atoms with van der Waals surface area (Å²) in [7, 11) is 0. The number of nitrogens with one attached hydrogen (secondary N) is 1. The van der Waals surface area contributed by atoms with E-state index in [9.17, 15) is 9.90 Å². The molecule has 1 fully saturated rings. The molecular weight excluding hydrogens is 236 g/mol. The van der Waals surface area contributed by atoms with Gasteiger partial charge in [-0.2, -0.15) is 0 Å². The van der Waals surface area contributed by atoms with Crippen molar-refractivity contribution in [2.75, 3.05) is 13.2 Å². The van der Waals surface area contributed by atoms with Crippen LogP contribution >= 0.6 is 0 Å². The number of nitrogens with two attached hydrogens (primary N) is 1. The fraction of sp³-hybridized carbons (Fsp3) is 0.583. The molecule has 2 unspecified atom stereocenters. The minimum Gasteiger partial charge on any atom is -0.455 e. The molecule has 1 aromatic rings. The highest BCUT2D eigenvalue weighted by molar-refractivity contribution is 5.91. The Morgan fingerprint density at radius 1 is 1.67 bits per heavy atom. The minimum absolute atomic E-state index is 0.145. The lowest BCUT2D eigenvalue weighted by Crippen LogP contribution is -2.47. The minimum atomic E-state index is -1.00. The summed E-state index contributed by atoms with van der Waals surface area (Å²) < 4.78 is 10.5. The van der Waals surface area contributed by atoms with Crippen LogP contribution in [-0.4, -0.2) is 35.9 Å². The van der Waals surface area contributed by atoms with Gasteiger partial charge in [-0.3, -0.25) is 4.79 Å². The van der Waals surface area contributed by atoms with Crippen molar-refractivity contribution in [3.05, 3.63) is 23.7 Å². The topological polar surface area (TPSA) is 97.7 Å². The first-order valence-corrected chi connectivity index (χ1v) is 5.96. The maximum Gasteiger partial charge on any atom is 0.287 e. The Hall–Kier alpha value is -1.37. The molecule has 0 saturated carbocycles. The molecule has 6 nitrogen and oxygen atoms in total. The van der Waals surface area contributed by atoms with Gasteiger partial charge >= 0.3 is 0 Å². The van der Waals surface area contributed by atoms with Gasteiger partial charge in [0, 0.05) is 19.6 Å². The molecule has 2 atom stereocenters. The van der Waals surface area contributed by atoms with Crippen LogP contribution in [0.1, 0.15) is 29.7 Å². The Morgan fingerprint density at radius 2 is 2.44 bits per heavy atom. The van der Waals surface area contributed by atoms with Gasteiger partial charge < -0.3 is 25.3 Å². The van der Waals surface area contributed by atoms with E-state index >= 15 is 0 Å². The molecule has 0 spiro atoms. The molecule has 1 aromatic heterocycles. The highest BCUT2D eigenvalue weighted by atomic mass is 16.5. The molecule has 6 heteroatoms. The van der Waals surface area contributed by atoms with Crippen LogP contribution in [0.25, 0.3) is 0 Å². The maximum atomic E-state index is 11.8. The van der Waals surface area contributed by atoms with E-state index in [0.717, 1.165) is 0 Å². The molecule has 0 aliphatic carbocycles. The van der Waals surface area contributed by atoms with Crippen molar-refractivity contribution in [3.8, 4) is 0 Å². The smallest absolute Gasteiger partial charge is 0.287 e. The van der Waals surface area contributed by atoms with E-state index in [1.807, 2.05) is 0 Å². The van der Waals surface area contributed by atoms with Crippen molar-refractivity contribution in [2.24, 2.45) is 5.73 Å². The van der Waals surface area contributed by atoms with Gasteiger partial charge in [0.2, 0.25) is 0 Å². The van der Waals surface area contributed by atoms with Gasteiger partial charge in [0.1, 0.15) is 11.4 Å². The molecule has 2 rings (SSSR count). The fourth-order valence-electron chi connectivity index (χ4n) is 1.93. The monoisotopic (exact) mass is 254 g/mol. The molecule has 0 aromatic carbocycles. The highest BCUT2D eigenvalue weighted by Gasteiger charge is 2.39. The zero-order valence-electron chi connectivity index (χ0n) is 10.3. The van der Waals surface area contributed by atoms with Crippen LogP contribution in [0, 0.1) is 0 Å². The largest absolute Gasteiger partial charge is 0.455 e. The number of aliphatic hydroxyl groups is 1. The summed E-state index contributed by atoms with van der Waals surface area (Å²) in [6.07, 6.45) is 0.231. The Kier molecular flexibility index (Phi) is 3.70. The molecule has 2 heterocycles. The van der Waals surface area contributed by atoms with E-state index in [2.05, 4.69) is 5.32 Å². The van der Waals surface area contributed by atoms with Crippen LogP contribution in [0.5, 0.6) is 0 Å². The Morgan fingerprint density at radius 3 is 3.00 bits per heavy atom. The van der Waals surface area contributed by atoms with Gasteiger partial charge in [-0.25, -0.2) is 0 Å². The number of carbonyl (C=O) groups is 1. The predicted octanol–water partition coefficient (Wildman–Crippen LogP) is 0.00800. The molecule has 18 heavy (non-hydrogen) atoms. The van der Waals surface area contributed by atoms with E-state index in [1.54, 1.807) is 19.1 Å². The molecule has 0 radical (unpaired) electrons. The lowest BCUT2D eigenvalue weighted by molar-refractivity contribution is -0.0252. The van der Waals surface area contributed by atoms with Gasteiger partial charge in [0.15, 0.2) is 5.76 Å². The number of amides is 1. The second-order valence-corrected chi connectivity index (χ2v) is 4.52. The van der Waals surface area contributed by atoms with E-state index < -0.39 is 5.60 Å². The second kappa shape index (κ2) is 5.09. The molecule has 1 aliphatic heterocycles. The molecule has 0 bridgehead atoms. The summed E-state index contributed by atoms with van der Waals surface area (Å²) in [6.45, 7) is 2.69. The maximum absolute atomic E-state index is 11.8. The van der Waals surface area contributed by atoms with Gasteiger partial charge in [-0.05, 0) is 19.1 Å². The van der Waals surface area contributed by atoms with E-state index in [-0.39, 0.29) is 30.9 Å².